The lowest BCUT2D eigenvalue weighted by molar-refractivity contribution is -0.120. The predicted molar refractivity (Wildman–Crippen MR) is 134 cm³/mol. The number of aliphatic hydroxyl groups is 2. The van der Waals surface area contributed by atoms with Crippen molar-refractivity contribution in [3.05, 3.63) is 54.6 Å². The van der Waals surface area contributed by atoms with Crippen LogP contribution in [0, 0.1) is 5.92 Å². The molecule has 8 nitrogen and oxygen atoms in total. The molecular weight excluding hydrogens is 434 g/mol. The lowest BCUT2D eigenvalue weighted by Gasteiger charge is -2.35. The molecule has 182 valence electrons. The highest BCUT2D eigenvalue weighted by Crippen LogP contribution is 2.27. The molecule has 0 spiro atoms. The van der Waals surface area contributed by atoms with Gasteiger partial charge in [-0.2, -0.15) is 0 Å². The van der Waals surface area contributed by atoms with Crippen LogP contribution in [0.3, 0.4) is 0 Å². The van der Waals surface area contributed by atoms with Crippen LogP contribution in [0.1, 0.15) is 27.7 Å². The van der Waals surface area contributed by atoms with E-state index >= 15 is 0 Å². The highest BCUT2D eigenvalue weighted by molar-refractivity contribution is 5.97. The average molecular weight is 468 g/mol. The van der Waals surface area contributed by atoms with Crippen molar-refractivity contribution in [1.29, 1.82) is 0 Å². The number of aromatic nitrogens is 1. The number of hydrogen-bond donors (Lipinski definition) is 4. The molecule has 0 aliphatic carbocycles. The third-order valence-corrected chi connectivity index (χ3v) is 6.12. The second kappa shape index (κ2) is 10.8. The molecule has 0 radical (unpaired) electrons. The first-order chi connectivity index (χ1) is 16.2. The molecule has 1 amide bonds. The molecule has 0 fully saturated rings. The molecule has 0 aliphatic rings. The second-order valence-electron chi connectivity index (χ2n) is 8.80. The number of nitrogens with zero attached hydrogens (tertiary/aromatic N) is 1. The van der Waals surface area contributed by atoms with E-state index in [0.717, 1.165) is 22.2 Å². The third kappa shape index (κ3) is 5.64. The van der Waals surface area contributed by atoms with Crippen LogP contribution < -0.4 is 5.32 Å². The van der Waals surface area contributed by atoms with E-state index in [1.807, 2.05) is 62.4 Å². The van der Waals surface area contributed by atoms with Crippen molar-refractivity contribution in [2.45, 2.75) is 45.5 Å². The van der Waals surface area contributed by atoms with Gasteiger partial charge in [0.05, 0.1) is 6.10 Å². The Morgan fingerprint density at radius 1 is 1.12 bits per heavy atom. The number of aromatic amines is 1. The van der Waals surface area contributed by atoms with Crippen LogP contribution in [-0.4, -0.2) is 58.3 Å². The van der Waals surface area contributed by atoms with Crippen molar-refractivity contribution < 1.29 is 24.6 Å². The summed E-state index contributed by atoms with van der Waals surface area (Å²) in [7, 11) is 1.50. The van der Waals surface area contributed by atoms with Gasteiger partial charge in [-0.3, -0.25) is 4.79 Å². The second-order valence-corrected chi connectivity index (χ2v) is 8.80. The van der Waals surface area contributed by atoms with Crippen molar-refractivity contribution in [2.24, 2.45) is 11.1 Å². The molecule has 0 aliphatic heterocycles. The van der Waals surface area contributed by atoms with E-state index in [1.165, 1.54) is 14.0 Å². The van der Waals surface area contributed by atoms with Gasteiger partial charge in [0, 0.05) is 29.4 Å². The summed E-state index contributed by atoms with van der Waals surface area (Å²) in [6, 6.07) is 17.6. The number of carbonyl (C=O) groups excluding carboxylic acids is 1. The van der Waals surface area contributed by atoms with Gasteiger partial charge in [0.15, 0.2) is 6.61 Å². The van der Waals surface area contributed by atoms with E-state index < -0.39 is 23.7 Å². The summed E-state index contributed by atoms with van der Waals surface area (Å²) >= 11 is 0. The first-order valence-corrected chi connectivity index (χ1v) is 11.3. The van der Waals surface area contributed by atoms with Gasteiger partial charge in [0.2, 0.25) is 0 Å². The normalized spacial score (nSPS) is 15.7. The predicted octanol–water partition coefficient (Wildman–Crippen LogP) is 3.95. The summed E-state index contributed by atoms with van der Waals surface area (Å²) in [5.74, 6) is -0.479. The fourth-order valence-corrected chi connectivity index (χ4v) is 3.64. The van der Waals surface area contributed by atoms with Crippen LogP contribution in [0.5, 0.6) is 0 Å². The Kier molecular flexibility index (Phi) is 8.09. The Morgan fingerprint density at radius 3 is 2.44 bits per heavy atom. The van der Waals surface area contributed by atoms with Gasteiger partial charge < -0.3 is 30.1 Å². The lowest BCUT2D eigenvalue weighted by atomic mass is 9.83. The van der Waals surface area contributed by atoms with Gasteiger partial charge in [-0.1, -0.05) is 49.3 Å². The van der Waals surface area contributed by atoms with Crippen LogP contribution in [0.25, 0.3) is 22.2 Å². The van der Waals surface area contributed by atoms with E-state index in [0.29, 0.717) is 5.69 Å². The molecule has 0 saturated carbocycles. The number of H-pyrrole nitrogens is 1. The number of fused-ring (bicyclic) bond motifs is 1. The summed E-state index contributed by atoms with van der Waals surface area (Å²) in [6.45, 7) is 6.64. The van der Waals surface area contributed by atoms with E-state index in [2.05, 4.69) is 15.5 Å². The maximum Gasteiger partial charge on any atom is 0.265 e. The lowest BCUT2D eigenvalue weighted by Crippen LogP contribution is -2.51. The number of anilines is 1. The first-order valence-electron chi connectivity index (χ1n) is 11.3. The Labute approximate surface area is 199 Å². The summed E-state index contributed by atoms with van der Waals surface area (Å²) in [6.07, 6.45) is -2.39. The molecule has 3 atom stereocenters. The van der Waals surface area contributed by atoms with Gasteiger partial charge in [0.1, 0.15) is 17.4 Å². The molecule has 8 heteroatoms. The van der Waals surface area contributed by atoms with Crippen molar-refractivity contribution in [3.63, 3.8) is 0 Å². The van der Waals surface area contributed by atoms with Crippen molar-refractivity contribution in [2.75, 3.05) is 19.0 Å². The molecule has 1 unspecified atom stereocenters. The smallest absolute Gasteiger partial charge is 0.265 e. The molecule has 0 saturated heterocycles. The van der Waals surface area contributed by atoms with Gasteiger partial charge in [-0.25, -0.2) is 0 Å². The maximum atomic E-state index is 12.5. The Hall–Kier alpha value is -3.20. The molecule has 4 N–H and O–H groups in total. The highest BCUT2D eigenvalue weighted by Gasteiger charge is 2.40. The zero-order chi connectivity index (χ0) is 24.9. The van der Waals surface area contributed by atoms with Crippen molar-refractivity contribution in [3.8, 4) is 11.3 Å². The van der Waals surface area contributed by atoms with Crippen LogP contribution in [0.4, 0.5) is 5.69 Å². The summed E-state index contributed by atoms with van der Waals surface area (Å²) in [4.78, 5) is 21.1. The third-order valence-electron chi connectivity index (χ3n) is 6.12. The van der Waals surface area contributed by atoms with Crippen molar-refractivity contribution in [1.82, 2.24) is 4.98 Å². The van der Waals surface area contributed by atoms with E-state index in [1.54, 1.807) is 13.0 Å². The minimum absolute atomic E-state index is 0.0732. The van der Waals surface area contributed by atoms with Crippen LogP contribution in [0.15, 0.2) is 59.8 Å². The van der Waals surface area contributed by atoms with Crippen LogP contribution in [-0.2, 0) is 14.4 Å². The van der Waals surface area contributed by atoms with E-state index in [4.69, 9.17) is 9.57 Å². The number of oxime groups is 1. The number of ether oxygens (including phenoxy) is 1. The van der Waals surface area contributed by atoms with Crippen LogP contribution in [0.2, 0.25) is 0 Å². The Bertz CT molecular complexity index is 1140. The Morgan fingerprint density at radius 2 is 1.82 bits per heavy atom. The maximum absolute atomic E-state index is 12.5. The first kappa shape index (κ1) is 25.4. The molecule has 3 aromatic rings. The van der Waals surface area contributed by atoms with Gasteiger partial charge in [-0.05, 0) is 49.6 Å². The number of amides is 1. The minimum atomic E-state index is -1.30. The standard InChI is InChI=1S/C26H33N3O5/c1-16(2)26(4,33-5)25(24(32)17(3)30)29-34-15-23(31)27-20-11-12-21-19(13-20)14-22(28-21)18-9-7-6-8-10-18/h6-14,16-17,24,28,30,32H,15H2,1-5H3,(H,27,31)/b29-25+/t17-,24+,26?/m1/s1. The number of carbonyl (C=O) groups is 1. The fraction of sp³-hybridized carbons (Fsp3) is 0.385. The molecule has 2 aromatic carbocycles. The van der Waals surface area contributed by atoms with Gasteiger partial charge in [0.25, 0.3) is 5.91 Å². The van der Waals surface area contributed by atoms with Gasteiger partial charge in [-0.15, -0.1) is 0 Å². The quantitative estimate of drug-likeness (QED) is 0.266. The Balaban J connectivity index is 1.70. The summed E-state index contributed by atoms with van der Waals surface area (Å²) in [5.41, 5.74) is 2.79. The highest BCUT2D eigenvalue weighted by atomic mass is 16.6. The molecule has 0 bridgehead atoms. The molecule has 1 heterocycles. The molecule has 1 aromatic heterocycles. The molecular formula is C26H33N3O5. The van der Waals surface area contributed by atoms with Crippen LogP contribution >= 0.6 is 0 Å². The summed E-state index contributed by atoms with van der Waals surface area (Å²) < 4.78 is 5.58. The number of hydrogen-bond acceptors (Lipinski definition) is 6. The number of aliphatic hydroxyl groups excluding tert-OH is 2. The fourth-order valence-electron chi connectivity index (χ4n) is 3.64. The molecule has 3 rings (SSSR count). The van der Waals surface area contributed by atoms with Gasteiger partial charge >= 0.3 is 0 Å². The minimum Gasteiger partial charge on any atom is -0.390 e. The van der Waals surface area contributed by atoms with E-state index in [-0.39, 0.29) is 18.2 Å². The zero-order valence-corrected chi connectivity index (χ0v) is 20.2. The number of methoxy groups -OCH3 is 1. The zero-order valence-electron chi connectivity index (χ0n) is 20.2. The monoisotopic (exact) mass is 467 g/mol. The summed E-state index contributed by atoms with van der Waals surface area (Å²) in [5, 5.41) is 28.1. The SMILES string of the molecule is COC(C)(/C(=N/OCC(=O)Nc1ccc2[nH]c(-c3ccccc3)cc2c1)[C@@H](O)[C@@H](C)O)C(C)C. The van der Waals surface area contributed by atoms with Crippen molar-refractivity contribution >= 4 is 28.2 Å². The number of nitrogens with one attached hydrogen (secondary N) is 2. The van der Waals surface area contributed by atoms with E-state index in [9.17, 15) is 15.0 Å². The number of benzene rings is 2. The molecule has 34 heavy (non-hydrogen) atoms. The number of rotatable bonds is 10. The largest absolute Gasteiger partial charge is 0.390 e. The average Bonchev–Trinajstić information content (AvgIpc) is 3.25. The topological polar surface area (TPSA) is 116 Å².